The van der Waals surface area contributed by atoms with Crippen molar-refractivity contribution < 1.29 is 4.79 Å². The maximum Gasteiger partial charge on any atom is 0.254 e. The van der Waals surface area contributed by atoms with E-state index in [4.69, 9.17) is 11.6 Å². The second-order valence-electron chi connectivity index (χ2n) is 5.79. The van der Waals surface area contributed by atoms with Crippen molar-refractivity contribution in [3.05, 3.63) is 29.0 Å². The van der Waals surface area contributed by atoms with Crippen molar-refractivity contribution in [1.82, 2.24) is 10.3 Å². The SMILES string of the molecule is CCCCCCCCCCCCNC(=O)c1cnccc1Cl. The lowest BCUT2D eigenvalue weighted by Gasteiger charge is -2.06. The summed E-state index contributed by atoms with van der Waals surface area (Å²) in [5, 5.41) is 3.36. The van der Waals surface area contributed by atoms with Gasteiger partial charge in [-0.3, -0.25) is 9.78 Å². The van der Waals surface area contributed by atoms with Crippen molar-refractivity contribution >= 4 is 17.5 Å². The average Bonchev–Trinajstić information content (AvgIpc) is 2.53. The highest BCUT2D eigenvalue weighted by Crippen LogP contribution is 2.13. The minimum atomic E-state index is -0.131. The number of hydrogen-bond donors (Lipinski definition) is 1. The molecule has 0 aromatic carbocycles. The molecule has 0 aliphatic carbocycles. The van der Waals surface area contributed by atoms with Crippen molar-refractivity contribution in [2.45, 2.75) is 71.1 Å². The van der Waals surface area contributed by atoms with E-state index in [9.17, 15) is 4.79 Å². The van der Waals surface area contributed by atoms with Gasteiger partial charge in [0.25, 0.3) is 5.91 Å². The van der Waals surface area contributed by atoms with E-state index in [0.717, 1.165) is 6.42 Å². The van der Waals surface area contributed by atoms with Crippen molar-refractivity contribution in [2.24, 2.45) is 0 Å². The van der Waals surface area contributed by atoms with Crippen LogP contribution in [0.1, 0.15) is 81.5 Å². The molecule has 4 heteroatoms. The Labute approximate surface area is 139 Å². The number of carbonyl (C=O) groups excluding carboxylic acids is 1. The summed E-state index contributed by atoms with van der Waals surface area (Å²) >= 11 is 5.96. The molecular formula is C18H29ClN2O. The quantitative estimate of drug-likeness (QED) is 0.524. The van der Waals surface area contributed by atoms with Gasteiger partial charge >= 0.3 is 0 Å². The summed E-state index contributed by atoms with van der Waals surface area (Å²) in [6, 6.07) is 1.64. The molecule has 0 fully saturated rings. The number of halogens is 1. The van der Waals surface area contributed by atoms with Crippen LogP contribution < -0.4 is 5.32 Å². The first-order valence-corrected chi connectivity index (χ1v) is 9.01. The molecule has 0 aliphatic rings. The molecule has 0 spiro atoms. The van der Waals surface area contributed by atoms with Crippen LogP contribution in [0.15, 0.2) is 18.5 Å². The molecule has 0 aliphatic heterocycles. The largest absolute Gasteiger partial charge is 0.352 e. The van der Waals surface area contributed by atoms with E-state index in [2.05, 4.69) is 17.2 Å². The monoisotopic (exact) mass is 324 g/mol. The molecule has 0 saturated carbocycles. The number of nitrogens with zero attached hydrogens (tertiary/aromatic N) is 1. The first-order chi connectivity index (χ1) is 10.8. The predicted molar refractivity (Wildman–Crippen MR) is 93.4 cm³/mol. The first-order valence-electron chi connectivity index (χ1n) is 8.63. The number of hydrogen-bond acceptors (Lipinski definition) is 2. The molecule has 1 N–H and O–H groups in total. The number of amides is 1. The zero-order valence-corrected chi connectivity index (χ0v) is 14.5. The summed E-state index contributed by atoms with van der Waals surface area (Å²) in [4.78, 5) is 15.8. The third-order valence-electron chi connectivity index (χ3n) is 3.83. The first kappa shape index (κ1) is 19.0. The van der Waals surface area contributed by atoms with Gasteiger partial charge in [0.1, 0.15) is 0 Å². The Morgan fingerprint density at radius 2 is 1.64 bits per heavy atom. The molecule has 1 rings (SSSR count). The van der Waals surface area contributed by atoms with Gasteiger partial charge in [-0.15, -0.1) is 0 Å². The van der Waals surface area contributed by atoms with Crippen molar-refractivity contribution in [1.29, 1.82) is 0 Å². The Hall–Kier alpha value is -1.09. The predicted octanol–water partition coefficient (Wildman–Crippen LogP) is 5.39. The molecule has 0 saturated heterocycles. The highest BCUT2D eigenvalue weighted by Gasteiger charge is 2.08. The zero-order chi connectivity index (χ0) is 16.0. The summed E-state index contributed by atoms with van der Waals surface area (Å²) in [5.41, 5.74) is 0.455. The van der Waals surface area contributed by atoms with Crippen LogP contribution in [0.2, 0.25) is 5.02 Å². The van der Waals surface area contributed by atoms with Gasteiger partial charge in [0, 0.05) is 18.9 Å². The Morgan fingerprint density at radius 1 is 1.05 bits per heavy atom. The summed E-state index contributed by atoms with van der Waals surface area (Å²) in [7, 11) is 0. The third kappa shape index (κ3) is 8.38. The molecule has 1 aromatic heterocycles. The molecule has 0 atom stereocenters. The van der Waals surface area contributed by atoms with Crippen LogP contribution in [0.3, 0.4) is 0 Å². The third-order valence-corrected chi connectivity index (χ3v) is 4.16. The van der Waals surface area contributed by atoms with Crippen LogP contribution in [0, 0.1) is 0 Å². The van der Waals surface area contributed by atoms with Gasteiger partial charge in [-0.2, -0.15) is 0 Å². The second-order valence-corrected chi connectivity index (χ2v) is 6.20. The van der Waals surface area contributed by atoms with E-state index in [0.29, 0.717) is 17.1 Å². The lowest BCUT2D eigenvalue weighted by atomic mass is 10.1. The molecule has 0 bridgehead atoms. The summed E-state index contributed by atoms with van der Waals surface area (Å²) in [5.74, 6) is -0.131. The van der Waals surface area contributed by atoms with Crippen LogP contribution in [-0.4, -0.2) is 17.4 Å². The standard InChI is InChI=1S/C18H29ClN2O/c1-2-3-4-5-6-7-8-9-10-11-13-21-18(22)16-15-20-14-12-17(16)19/h12,14-15H,2-11,13H2,1H3,(H,21,22). The molecule has 22 heavy (non-hydrogen) atoms. The Bertz CT molecular complexity index is 423. The minimum Gasteiger partial charge on any atom is -0.352 e. The molecule has 124 valence electrons. The maximum absolute atomic E-state index is 11.9. The summed E-state index contributed by atoms with van der Waals surface area (Å²) < 4.78 is 0. The fraction of sp³-hybridized carbons (Fsp3) is 0.667. The molecule has 3 nitrogen and oxygen atoms in total. The highest BCUT2D eigenvalue weighted by atomic mass is 35.5. The number of aromatic nitrogens is 1. The Kier molecular flexibility index (Phi) is 10.7. The van der Waals surface area contributed by atoms with Crippen molar-refractivity contribution in [2.75, 3.05) is 6.54 Å². The molecule has 1 heterocycles. The zero-order valence-electron chi connectivity index (χ0n) is 13.7. The number of nitrogens with one attached hydrogen (secondary N) is 1. The molecular weight excluding hydrogens is 296 g/mol. The molecule has 1 aromatic rings. The average molecular weight is 325 g/mol. The van der Waals surface area contributed by atoms with Crippen LogP contribution in [0.4, 0.5) is 0 Å². The second kappa shape index (κ2) is 12.5. The van der Waals surface area contributed by atoms with E-state index < -0.39 is 0 Å². The normalized spacial score (nSPS) is 10.6. The van der Waals surface area contributed by atoms with Crippen LogP contribution in [0.5, 0.6) is 0 Å². The molecule has 1 amide bonds. The molecule has 0 unspecified atom stereocenters. The van der Waals surface area contributed by atoms with E-state index in [1.165, 1.54) is 64.0 Å². The summed E-state index contributed by atoms with van der Waals surface area (Å²) in [6.07, 6.45) is 16.1. The highest BCUT2D eigenvalue weighted by molar-refractivity contribution is 6.33. The Morgan fingerprint density at radius 3 is 2.23 bits per heavy atom. The van der Waals surface area contributed by atoms with Gasteiger partial charge in [0.15, 0.2) is 0 Å². The van der Waals surface area contributed by atoms with Crippen molar-refractivity contribution in [3.8, 4) is 0 Å². The van der Waals surface area contributed by atoms with E-state index in [-0.39, 0.29) is 5.91 Å². The van der Waals surface area contributed by atoms with E-state index in [1.807, 2.05) is 0 Å². The maximum atomic E-state index is 11.9. The van der Waals surface area contributed by atoms with E-state index in [1.54, 1.807) is 12.3 Å². The fourth-order valence-electron chi connectivity index (χ4n) is 2.45. The number of unbranched alkanes of at least 4 members (excludes halogenated alkanes) is 9. The van der Waals surface area contributed by atoms with Crippen LogP contribution >= 0.6 is 11.6 Å². The van der Waals surface area contributed by atoms with Gasteiger partial charge in [0.2, 0.25) is 0 Å². The lowest BCUT2D eigenvalue weighted by Crippen LogP contribution is -2.24. The lowest BCUT2D eigenvalue weighted by molar-refractivity contribution is 0.0952. The number of rotatable bonds is 12. The Balaban J connectivity index is 1.95. The topological polar surface area (TPSA) is 42.0 Å². The van der Waals surface area contributed by atoms with Gasteiger partial charge < -0.3 is 5.32 Å². The van der Waals surface area contributed by atoms with Gasteiger partial charge in [0.05, 0.1) is 10.6 Å². The molecule has 0 radical (unpaired) electrons. The van der Waals surface area contributed by atoms with Gasteiger partial charge in [-0.1, -0.05) is 76.3 Å². The van der Waals surface area contributed by atoms with Crippen LogP contribution in [-0.2, 0) is 0 Å². The fourth-order valence-corrected chi connectivity index (χ4v) is 2.65. The minimum absolute atomic E-state index is 0.131. The smallest absolute Gasteiger partial charge is 0.254 e. The number of carbonyl (C=O) groups is 1. The van der Waals surface area contributed by atoms with Gasteiger partial charge in [-0.05, 0) is 12.5 Å². The summed E-state index contributed by atoms with van der Waals surface area (Å²) in [6.45, 7) is 2.96. The van der Waals surface area contributed by atoms with Crippen molar-refractivity contribution in [3.63, 3.8) is 0 Å². The van der Waals surface area contributed by atoms with Gasteiger partial charge in [-0.25, -0.2) is 0 Å². The van der Waals surface area contributed by atoms with Crippen LogP contribution in [0.25, 0.3) is 0 Å². The van der Waals surface area contributed by atoms with E-state index >= 15 is 0 Å². The number of pyridine rings is 1.